The minimum absolute atomic E-state index is 0.240. The molecule has 4 heterocycles. The summed E-state index contributed by atoms with van der Waals surface area (Å²) in [7, 11) is 0. The maximum absolute atomic E-state index is 13.2. The van der Waals surface area contributed by atoms with Gasteiger partial charge in [-0.1, -0.05) is 25.1 Å². The van der Waals surface area contributed by atoms with Crippen molar-refractivity contribution in [3.63, 3.8) is 0 Å². The number of nitrogens with one attached hydrogen (secondary N) is 2. The van der Waals surface area contributed by atoms with Crippen LogP contribution >= 0.6 is 11.3 Å². The molecule has 1 saturated heterocycles. The number of likely N-dealkylation sites (N-methyl/N-ethyl adjacent to an activating group) is 1. The van der Waals surface area contributed by atoms with E-state index in [-0.39, 0.29) is 5.91 Å². The predicted octanol–water partition coefficient (Wildman–Crippen LogP) is 3.29. The standard InChI is InChI=1S/C28H28N8OS/c1-3-35-10-11-36(16-35)13-18-5-7-19(8-6-18)33-27-20-9-4-17(2)23(21(20)12-30-27)34-28(37)22-14-38-25-24(22)31-15-32-26(25)29/h4-9,12,14-15H,3,10-11,13,16H2,1-2H3,(H3,29,30,31,32,33,34,37)/p+1. The number of benzene rings is 2. The largest absolute Gasteiger partial charge is 0.382 e. The van der Waals surface area contributed by atoms with Crippen LogP contribution < -0.4 is 21.0 Å². The normalized spacial score (nSPS) is 15.2. The third-order valence-electron chi connectivity index (χ3n) is 7.10. The molecule has 4 aromatic rings. The first kappa shape index (κ1) is 24.3. The van der Waals surface area contributed by atoms with Crippen molar-refractivity contribution in [3.8, 4) is 0 Å². The summed E-state index contributed by atoms with van der Waals surface area (Å²) in [5.74, 6) is 0.889. The lowest BCUT2D eigenvalue weighted by molar-refractivity contribution is 0.102. The Labute approximate surface area is 224 Å². The summed E-state index contributed by atoms with van der Waals surface area (Å²) in [5, 5.41) is 8.30. The molecular formula is C28H29N8OS+. The minimum Gasteiger partial charge on any atom is -0.382 e. The van der Waals surface area contributed by atoms with Gasteiger partial charge in [-0.3, -0.25) is 14.6 Å². The Bertz CT molecular complexity index is 1600. The van der Waals surface area contributed by atoms with E-state index in [2.05, 4.69) is 66.3 Å². The highest BCUT2D eigenvalue weighted by Gasteiger charge is 2.27. The van der Waals surface area contributed by atoms with Crippen LogP contribution in [0, 0.1) is 6.92 Å². The average molecular weight is 526 g/mol. The van der Waals surface area contributed by atoms with Gasteiger partial charge in [-0.2, -0.15) is 0 Å². The van der Waals surface area contributed by atoms with Crippen molar-refractivity contribution < 1.29 is 4.79 Å². The van der Waals surface area contributed by atoms with E-state index >= 15 is 0 Å². The average Bonchev–Trinajstić information content (AvgIpc) is 3.66. The molecule has 0 spiro atoms. The molecule has 0 saturated carbocycles. The summed E-state index contributed by atoms with van der Waals surface area (Å²) >= 11 is 1.37. The van der Waals surface area contributed by atoms with Crippen LogP contribution in [0.4, 0.5) is 17.2 Å². The molecule has 9 nitrogen and oxygen atoms in total. The number of fused-ring (bicyclic) bond motifs is 2. The second-order valence-corrected chi connectivity index (χ2v) is 10.5. The maximum Gasteiger partial charge on any atom is 0.380 e. The molecule has 4 N–H and O–H groups in total. The number of aryl methyl sites for hydroxylation is 1. The number of carbonyl (C=O) groups is 1. The smallest absolute Gasteiger partial charge is 0.380 e. The number of rotatable bonds is 6. The SMILES string of the molecule is CCN1CCN(Cc2ccc(NC3=[N+]=Cc4c3ccc(C)c4NC(=O)c3csc4c(N)ncnc34)cc2)C1. The topological polar surface area (TPSA) is 114 Å². The van der Waals surface area contributed by atoms with E-state index in [1.54, 1.807) is 11.6 Å². The monoisotopic (exact) mass is 525 g/mol. The van der Waals surface area contributed by atoms with Crippen molar-refractivity contribution in [1.29, 1.82) is 0 Å². The van der Waals surface area contributed by atoms with Crippen molar-refractivity contribution in [3.05, 3.63) is 75.9 Å². The summed E-state index contributed by atoms with van der Waals surface area (Å²) in [6, 6.07) is 12.5. The van der Waals surface area contributed by atoms with Gasteiger partial charge in [-0.25, -0.2) is 20.0 Å². The Morgan fingerprint density at radius 3 is 2.74 bits per heavy atom. The molecule has 10 heteroatoms. The first-order chi connectivity index (χ1) is 18.5. The highest BCUT2D eigenvalue weighted by molar-refractivity contribution is 7.18. The Morgan fingerprint density at radius 2 is 1.95 bits per heavy atom. The van der Waals surface area contributed by atoms with E-state index in [4.69, 9.17) is 5.73 Å². The van der Waals surface area contributed by atoms with Crippen LogP contribution in [-0.4, -0.2) is 64.0 Å². The lowest BCUT2D eigenvalue weighted by atomic mass is 10.0. The first-order valence-electron chi connectivity index (χ1n) is 12.6. The summed E-state index contributed by atoms with van der Waals surface area (Å²) in [5.41, 5.74) is 12.7. The Balaban J connectivity index is 1.17. The number of carbonyl (C=O) groups excluding carboxylic acids is 1. The summed E-state index contributed by atoms with van der Waals surface area (Å²) < 4.78 is 5.35. The van der Waals surface area contributed by atoms with Crippen LogP contribution in [0.2, 0.25) is 0 Å². The van der Waals surface area contributed by atoms with Crippen LogP contribution in [0.15, 0.2) is 48.1 Å². The third-order valence-corrected chi connectivity index (χ3v) is 8.09. The second kappa shape index (κ2) is 10.00. The van der Waals surface area contributed by atoms with Gasteiger partial charge in [0, 0.05) is 25.0 Å². The fourth-order valence-corrected chi connectivity index (χ4v) is 5.83. The van der Waals surface area contributed by atoms with E-state index in [1.165, 1.54) is 23.2 Å². The quantitative estimate of drug-likeness (QED) is 0.331. The number of hydrogen-bond donors (Lipinski definition) is 3. The molecule has 0 unspecified atom stereocenters. The maximum atomic E-state index is 13.2. The zero-order valence-corrected chi connectivity index (χ0v) is 22.2. The Kier molecular flexibility index (Phi) is 6.39. The molecule has 0 aliphatic carbocycles. The highest BCUT2D eigenvalue weighted by atomic mass is 32.1. The molecule has 0 radical (unpaired) electrons. The van der Waals surface area contributed by atoms with Crippen molar-refractivity contribution in [2.24, 2.45) is 0 Å². The van der Waals surface area contributed by atoms with Gasteiger partial charge >= 0.3 is 5.84 Å². The van der Waals surface area contributed by atoms with Crippen LogP contribution in [0.3, 0.4) is 0 Å². The van der Waals surface area contributed by atoms with Gasteiger partial charge in [0.05, 0.1) is 39.3 Å². The molecule has 2 aromatic carbocycles. The molecule has 2 aliphatic heterocycles. The van der Waals surface area contributed by atoms with Crippen LogP contribution in [-0.2, 0) is 6.54 Å². The van der Waals surface area contributed by atoms with E-state index in [0.717, 1.165) is 66.7 Å². The van der Waals surface area contributed by atoms with E-state index in [1.807, 2.05) is 19.1 Å². The Morgan fingerprint density at radius 1 is 1.13 bits per heavy atom. The number of thiophene rings is 1. The van der Waals surface area contributed by atoms with Gasteiger partial charge in [0.25, 0.3) is 5.91 Å². The molecule has 6 rings (SSSR count). The summed E-state index contributed by atoms with van der Waals surface area (Å²) in [6.45, 7) is 9.51. The number of nitrogen functional groups attached to an aromatic ring is 1. The van der Waals surface area contributed by atoms with Crippen molar-refractivity contribution in [2.45, 2.75) is 20.4 Å². The molecule has 2 aliphatic rings. The van der Waals surface area contributed by atoms with Gasteiger partial charge in [-0.05, 0) is 42.8 Å². The number of nitrogens with zero attached hydrogens (tertiary/aromatic N) is 5. The molecule has 0 atom stereocenters. The molecule has 1 fully saturated rings. The van der Waals surface area contributed by atoms with Gasteiger partial charge in [-0.15, -0.1) is 11.3 Å². The molecule has 1 amide bonds. The highest BCUT2D eigenvalue weighted by Crippen LogP contribution is 2.30. The van der Waals surface area contributed by atoms with Crippen LogP contribution in [0.1, 0.15) is 39.5 Å². The number of nitrogens with two attached hydrogens (primary N) is 1. The van der Waals surface area contributed by atoms with Gasteiger partial charge in [0.2, 0.25) is 6.21 Å². The summed E-state index contributed by atoms with van der Waals surface area (Å²) in [4.78, 5) is 26.4. The van der Waals surface area contributed by atoms with E-state index < -0.39 is 0 Å². The van der Waals surface area contributed by atoms with Crippen LogP contribution in [0.5, 0.6) is 0 Å². The lowest BCUT2D eigenvalue weighted by Gasteiger charge is -2.16. The van der Waals surface area contributed by atoms with Crippen molar-refractivity contribution in [2.75, 3.05) is 42.7 Å². The number of hydrogen-bond acceptors (Lipinski definition) is 8. The van der Waals surface area contributed by atoms with Crippen LogP contribution in [0.25, 0.3) is 10.2 Å². The van der Waals surface area contributed by atoms with Gasteiger partial charge in [0.15, 0.2) is 0 Å². The fraction of sp³-hybridized carbons (Fsp3) is 0.250. The van der Waals surface area contributed by atoms with E-state index in [9.17, 15) is 4.79 Å². The number of anilines is 3. The van der Waals surface area contributed by atoms with Crippen molar-refractivity contribution >= 4 is 56.7 Å². The zero-order chi connectivity index (χ0) is 26.2. The lowest BCUT2D eigenvalue weighted by Crippen LogP contribution is -2.24. The fourth-order valence-electron chi connectivity index (χ4n) is 4.93. The molecule has 2 aromatic heterocycles. The number of amides is 1. The molecule has 38 heavy (non-hydrogen) atoms. The zero-order valence-electron chi connectivity index (χ0n) is 21.4. The minimum atomic E-state index is -0.240. The van der Waals surface area contributed by atoms with Gasteiger partial charge in [0.1, 0.15) is 17.8 Å². The molecular weight excluding hydrogens is 496 g/mol. The van der Waals surface area contributed by atoms with E-state index in [0.29, 0.717) is 21.6 Å². The number of aromatic nitrogens is 2. The first-order valence-corrected chi connectivity index (χ1v) is 13.5. The number of amidine groups is 1. The Hall–Kier alpha value is -4.08. The second-order valence-electron chi connectivity index (χ2n) is 9.59. The predicted molar refractivity (Wildman–Crippen MR) is 155 cm³/mol. The summed E-state index contributed by atoms with van der Waals surface area (Å²) in [6.07, 6.45) is 3.18. The third kappa shape index (κ3) is 4.55. The van der Waals surface area contributed by atoms with Gasteiger partial charge < -0.3 is 11.1 Å². The van der Waals surface area contributed by atoms with Crippen molar-refractivity contribution in [1.82, 2.24) is 24.4 Å². The molecule has 0 bridgehead atoms. The molecule has 192 valence electrons.